The van der Waals surface area contributed by atoms with Crippen molar-refractivity contribution in [1.29, 1.82) is 0 Å². The maximum Gasteiger partial charge on any atom is 0.416 e. The normalized spacial score (nSPS) is 13.6. The van der Waals surface area contributed by atoms with Crippen LogP contribution in [0, 0.1) is 13.8 Å². The molecular weight excluding hydrogens is 299 g/mol. The Morgan fingerprint density at radius 1 is 1.29 bits per heavy atom. The second-order valence-corrected chi connectivity index (χ2v) is 4.66. The van der Waals surface area contributed by atoms with E-state index >= 15 is 0 Å². The molecule has 2 nitrogen and oxygen atoms in total. The summed E-state index contributed by atoms with van der Waals surface area (Å²) in [6.07, 6.45) is -6.95. The molecule has 6 heteroatoms. The highest BCUT2D eigenvalue weighted by Crippen LogP contribution is 2.26. The van der Waals surface area contributed by atoms with Crippen molar-refractivity contribution in [1.82, 2.24) is 0 Å². The topological polar surface area (TPSA) is 32.3 Å². The largest absolute Gasteiger partial charge is 0.416 e. The van der Waals surface area contributed by atoms with Crippen LogP contribution in [-0.2, 0) is 0 Å². The van der Waals surface area contributed by atoms with Gasteiger partial charge in [0.2, 0.25) is 0 Å². The number of halogens is 4. The summed E-state index contributed by atoms with van der Waals surface area (Å²) in [7, 11) is 0. The standard InChI is InChI=1S/C11H13BrF3NO/c1-6-3-8(4-7(2)10(6)12)16-5-9(17)11(13,14)15/h3-4,9,16-17H,5H2,1-2H3. The van der Waals surface area contributed by atoms with Crippen molar-refractivity contribution in [3.05, 3.63) is 27.7 Å². The van der Waals surface area contributed by atoms with E-state index < -0.39 is 18.8 Å². The van der Waals surface area contributed by atoms with Gasteiger partial charge in [0.25, 0.3) is 0 Å². The van der Waals surface area contributed by atoms with Gasteiger partial charge in [0.05, 0.1) is 0 Å². The minimum atomic E-state index is -4.59. The first kappa shape index (κ1) is 14.3. The molecule has 96 valence electrons. The minimum absolute atomic E-state index is 0.552. The molecule has 1 aromatic carbocycles. The SMILES string of the molecule is Cc1cc(NCC(O)C(F)(F)F)cc(C)c1Br. The van der Waals surface area contributed by atoms with E-state index in [9.17, 15) is 13.2 Å². The molecule has 0 aromatic heterocycles. The third-order valence-corrected chi connectivity index (χ3v) is 3.56. The lowest BCUT2D eigenvalue weighted by Crippen LogP contribution is -2.35. The average molecular weight is 312 g/mol. The molecule has 0 saturated heterocycles. The zero-order valence-corrected chi connectivity index (χ0v) is 11.0. The Balaban J connectivity index is 2.71. The molecule has 0 aliphatic heterocycles. The minimum Gasteiger partial charge on any atom is -0.382 e. The molecule has 1 rings (SSSR count). The summed E-state index contributed by atoms with van der Waals surface area (Å²) in [5.41, 5.74) is 2.41. The Labute approximate surface area is 106 Å². The first-order valence-corrected chi connectivity index (χ1v) is 5.76. The summed E-state index contributed by atoms with van der Waals surface area (Å²) in [4.78, 5) is 0. The van der Waals surface area contributed by atoms with Crippen LogP contribution in [0.2, 0.25) is 0 Å². The van der Waals surface area contributed by atoms with Gasteiger partial charge in [-0.3, -0.25) is 0 Å². The Kier molecular flexibility index (Phi) is 4.43. The van der Waals surface area contributed by atoms with Gasteiger partial charge in [-0.15, -0.1) is 0 Å². The summed E-state index contributed by atoms with van der Waals surface area (Å²) >= 11 is 3.37. The Morgan fingerprint density at radius 3 is 2.18 bits per heavy atom. The predicted molar refractivity (Wildman–Crippen MR) is 64.2 cm³/mol. The van der Waals surface area contributed by atoms with Gasteiger partial charge < -0.3 is 10.4 Å². The number of nitrogens with one attached hydrogen (secondary N) is 1. The van der Waals surface area contributed by atoms with E-state index in [0.717, 1.165) is 15.6 Å². The van der Waals surface area contributed by atoms with E-state index in [1.54, 1.807) is 12.1 Å². The summed E-state index contributed by atoms with van der Waals surface area (Å²) < 4.78 is 37.2. The van der Waals surface area contributed by atoms with Gasteiger partial charge in [-0.2, -0.15) is 13.2 Å². The lowest BCUT2D eigenvalue weighted by Gasteiger charge is -2.16. The van der Waals surface area contributed by atoms with Crippen LogP contribution >= 0.6 is 15.9 Å². The van der Waals surface area contributed by atoms with Gasteiger partial charge >= 0.3 is 6.18 Å². The number of anilines is 1. The number of hydrogen-bond acceptors (Lipinski definition) is 2. The van der Waals surface area contributed by atoms with Crippen LogP contribution in [0.4, 0.5) is 18.9 Å². The molecule has 1 aromatic rings. The van der Waals surface area contributed by atoms with E-state index in [1.165, 1.54) is 0 Å². The van der Waals surface area contributed by atoms with Gasteiger partial charge in [-0.25, -0.2) is 0 Å². The molecule has 0 bridgehead atoms. The Morgan fingerprint density at radius 2 is 1.76 bits per heavy atom. The maximum atomic E-state index is 12.1. The number of hydrogen-bond donors (Lipinski definition) is 2. The highest BCUT2D eigenvalue weighted by molar-refractivity contribution is 9.10. The zero-order chi connectivity index (χ0) is 13.2. The summed E-state index contributed by atoms with van der Waals surface area (Å²) in [6, 6.07) is 3.44. The monoisotopic (exact) mass is 311 g/mol. The van der Waals surface area contributed by atoms with Gasteiger partial charge in [-0.05, 0) is 37.1 Å². The number of alkyl halides is 3. The summed E-state index contributed by atoms with van der Waals surface area (Å²) in [6.45, 7) is 3.15. The van der Waals surface area contributed by atoms with Crippen molar-refractivity contribution < 1.29 is 18.3 Å². The number of benzene rings is 1. The zero-order valence-electron chi connectivity index (χ0n) is 9.40. The van der Waals surface area contributed by atoms with Crippen LogP contribution in [0.15, 0.2) is 16.6 Å². The van der Waals surface area contributed by atoms with E-state index in [-0.39, 0.29) is 0 Å². The first-order chi connectivity index (χ1) is 7.71. The molecule has 1 unspecified atom stereocenters. The third kappa shape index (κ3) is 3.89. The van der Waals surface area contributed by atoms with Gasteiger partial charge in [0.1, 0.15) is 0 Å². The van der Waals surface area contributed by atoms with E-state index in [2.05, 4.69) is 21.2 Å². The van der Waals surface area contributed by atoms with Crippen molar-refractivity contribution in [3.63, 3.8) is 0 Å². The van der Waals surface area contributed by atoms with Gasteiger partial charge in [0.15, 0.2) is 6.10 Å². The maximum absolute atomic E-state index is 12.1. The van der Waals surface area contributed by atoms with Crippen molar-refractivity contribution in [2.45, 2.75) is 26.1 Å². The molecule has 0 spiro atoms. The van der Waals surface area contributed by atoms with Crippen LogP contribution < -0.4 is 5.32 Å². The highest BCUT2D eigenvalue weighted by Gasteiger charge is 2.37. The number of aryl methyl sites for hydroxylation is 2. The molecule has 0 amide bonds. The second kappa shape index (κ2) is 5.27. The van der Waals surface area contributed by atoms with Crippen LogP contribution in [0.5, 0.6) is 0 Å². The summed E-state index contributed by atoms with van der Waals surface area (Å²) in [5, 5.41) is 11.4. The van der Waals surface area contributed by atoms with E-state index in [4.69, 9.17) is 5.11 Å². The first-order valence-electron chi connectivity index (χ1n) is 4.97. The summed E-state index contributed by atoms with van der Waals surface area (Å²) in [5.74, 6) is 0. The van der Waals surface area contributed by atoms with E-state index in [0.29, 0.717) is 5.69 Å². The smallest absolute Gasteiger partial charge is 0.382 e. The molecule has 0 radical (unpaired) electrons. The van der Waals surface area contributed by atoms with Crippen LogP contribution in [0.3, 0.4) is 0 Å². The van der Waals surface area contributed by atoms with Crippen molar-refractivity contribution in [2.24, 2.45) is 0 Å². The highest BCUT2D eigenvalue weighted by atomic mass is 79.9. The van der Waals surface area contributed by atoms with E-state index in [1.807, 2.05) is 13.8 Å². The molecule has 0 aliphatic carbocycles. The number of aliphatic hydroxyl groups is 1. The fourth-order valence-corrected chi connectivity index (χ4v) is 1.61. The van der Waals surface area contributed by atoms with Gasteiger partial charge in [-0.1, -0.05) is 15.9 Å². The average Bonchev–Trinajstić information content (AvgIpc) is 2.20. The number of aliphatic hydroxyl groups excluding tert-OH is 1. The third-order valence-electron chi connectivity index (χ3n) is 2.31. The number of rotatable bonds is 3. The van der Waals surface area contributed by atoms with Crippen molar-refractivity contribution >= 4 is 21.6 Å². The van der Waals surface area contributed by atoms with Crippen molar-refractivity contribution in [2.75, 3.05) is 11.9 Å². The second-order valence-electron chi connectivity index (χ2n) is 3.86. The van der Waals surface area contributed by atoms with Crippen LogP contribution in [0.25, 0.3) is 0 Å². The van der Waals surface area contributed by atoms with Crippen LogP contribution in [-0.4, -0.2) is 23.9 Å². The molecule has 2 N–H and O–H groups in total. The molecule has 0 fully saturated rings. The lowest BCUT2D eigenvalue weighted by molar-refractivity contribution is -0.198. The lowest BCUT2D eigenvalue weighted by atomic mass is 10.1. The fourth-order valence-electron chi connectivity index (χ4n) is 1.38. The molecule has 1 atom stereocenters. The quantitative estimate of drug-likeness (QED) is 0.896. The Bertz CT molecular complexity index is 383. The fraction of sp³-hybridized carbons (Fsp3) is 0.455. The molecule has 0 saturated carbocycles. The van der Waals surface area contributed by atoms with Gasteiger partial charge in [0, 0.05) is 16.7 Å². The Hall–Kier alpha value is -0.750. The molecular formula is C11H13BrF3NO. The molecule has 0 aliphatic rings. The predicted octanol–water partition coefficient (Wildman–Crippen LogP) is 3.40. The molecule has 0 heterocycles. The molecule has 17 heavy (non-hydrogen) atoms. The van der Waals surface area contributed by atoms with Crippen molar-refractivity contribution in [3.8, 4) is 0 Å². The van der Waals surface area contributed by atoms with Crippen LogP contribution in [0.1, 0.15) is 11.1 Å².